The Morgan fingerprint density at radius 1 is 1.33 bits per heavy atom. The number of thiophene rings is 1. The Morgan fingerprint density at radius 3 is 3.06 bits per heavy atom. The van der Waals surface area contributed by atoms with Crippen molar-refractivity contribution in [2.45, 2.75) is 19.4 Å². The van der Waals surface area contributed by atoms with Gasteiger partial charge in [-0.15, -0.1) is 11.3 Å². The predicted octanol–water partition coefficient (Wildman–Crippen LogP) is 3.96. The zero-order chi connectivity index (χ0) is 12.4. The van der Waals surface area contributed by atoms with Crippen LogP contribution in [0.25, 0.3) is 5.65 Å². The molecule has 18 heavy (non-hydrogen) atoms. The number of anilines is 1. The molecular formula is C14H15N3S. The topological polar surface area (TPSA) is 29.3 Å². The van der Waals surface area contributed by atoms with E-state index in [0.717, 1.165) is 17.9 Å². The van der Waals surface area contributed by atoms with Gasteiger partial charge in [-0.05, 0) is 30.0 Å². The average Bonchev–Trinajstić information content (AvgIpc) is 3.06. The highest BCUT2D eigenvalue weighted by molar-refractivity contribution is 7.10. The number of fused-ring (bicyclic) bond motifs is 1. The summed E-state index contributed by atoms with van der Waals surface area (Å²) in [5.74, 6) is 1.09. The van der Waals surface area contributed by atoms with Gasteiger partial charge in [0.25, 0.3) is 0 Å². The summed E-state index contributed by atoms with van der Waals surface area (Å²) in [7, 11) is 0. The lowest BCUT2D eigenvalue weighted by molar-refractivity contribution is 0.756. The second-order valence-electron chi connectivity index (χ2n) is 4.19. The van der Waals surface area contributed by atoms with Gasteiger partial charge in [0.15, 0.2) is 0 Å². The smallest absolute Gasteiger partial charge is 0.138 e. The van der Waals surface area contributed by atoms with Crippen LogP contribution in [0.15, 0.2) is 48.1 Å². The molecule has 0 amide bonds. The molecule has 3 heterocycles. The molecule has 3 rings (SSSR count). The first-order valence-electron chi connectivity index (χ1n) is 6.10. The molecule has 0 bridgehead atoms. The van der Waals surface area contributed by atoms with E-state index >= 15 is 0 Å². The van der Waals surface area contributed by atoms with Crippen LogP contribution in [0.1, 0.15) is 24.3 Å². The van der Waals surface area contributed by atoms with Crippen molar-refractivity contribution < 1.29 is 0 Å². The normalized spacial score (nSPS) is 12.7. The third kappa shape index (κ3) is 1.99. The zero-order valence-corrected chi connectivity index (χ0v) is 11.0. The molecule has 3 nitrogen and oxygen atoms in total. The van der Waals surface area contributed by atoms with Crippen LogP contribution in [0.5, 0.6) is 0 Å². The molecule has 1 unspecified atom stereocenters. The van der Waals surface area contributed by atoms with Crippen molar-refractivity contribution in [3.63, 3.8) is 0 Å². The monoisotopic (exact) mass is 257 g/mol. The molecule has 1 atom stereocenters. The van der Waals surface area contributed by atoms with Crippen molar-refractivity contribution in [3.05, 3.63) is 53.0 Å². The van der Waals surface area contributed by atoms with E-state index in [-0.39, 0.29) is 0 Å². The Bertz CT molecular complexity index is 627. The van der Waals surface area contributed by atoms with Gasteiger partial charge in [-0.2, -0.15) is 0 Å². The quantitative estimate of drug-likeness (QED) is 0.766. The molecule has 0 radical (unpaired) electrons. The van der Waals surface area contributed by atoms with E-state index in [1.54, 1.807) is 11.3 Å². The maximum Gasteiger partial charge on any atom is 0.138 e. The largest absolute Gasteiger partial charge is 0.364 e. The van der Waals surface area contributed by atoms with E-state index < -0.39 is 0 Å². The van der Waals surface area contributed by atoms with Gasteiger partial charge in [0.05, 0.1) is 6.04 Å². The lowest BCUT2D eigenvalue weighted by atomic mass is 10.2. The minimum Gasteiger partial charge on any atom is -0.364 e. The van der Waals surface area contributed by atoms with Crippen molar-refractivity contribution in [1.82, 2.24) is 9.38 Å². The van der Waals surface area contributed by atoms with Crippen LogP contribution in [0.3, 0.4) is 0 Å². The molecule has 0 spiro atoms. The Morgan fingerprint density at radius 2 is 2.28 bits per heavy atom. The summed E-state index contributed by atoms with van der Waals surface area (Å²) in [6.45, 7) is 2.20. The first kappa shape index (κ1) is 11.3. The molecule has 0 saturated heterocycles. The molecule has 0 saturated carbocycles. The fourth-order valence-electron chi connectivity index (χ4n) is 2.11. The standard InChI is InChI=1S/C14H15N3S/c1-2-11(12-5-4-10-18-12)16-14-7-3-6-13-15-8-9-17(13)14/h3-11,16H,2H2,1H3. The number of hydrogen-bond acceptors (Lipinski definition) is 3. The highest BCUT2D eigenvalue weighted by atomic mass is 32.1. The summed E-state index contributed by atoms with van der Waals surface area (Å²) in [6, 6.07) is 10.8. The van der Waals surface area contributed by atoms with E-state index in [4.69, 9.17) is 0 Å². The van der Waals surface area contributed by atoms with Crippen molar-refractivity contribution in [2.75, 3.05) is 5.32 Å². The van der Waals surface area contributed by atoms with Crippen LogP contribution in [0, 0.1) is 0 Å². The van der Waals surface area contributed by atoms with E-state index in [0.29, 0.717) is 6.04 Å². The lowest BCUT2D eigenvalue weighted by Crippen LogP contribution is -2.10. The van der Waals surface area contributed by atoms with Gasteiger partial charge in [0, 0.05) is 17.3 Å². The first-order valence-corrected chi connectivity index (χ1v) is 6.98. The van der Waals surface area contributed by atoms with Crippen molar-refractivity contribution >= 4 is 22.8 Å². The van der Waals surface area contributed by atoms with E-state index in [1.165, 1.54) is 4.88 Å². The van der Waals surface area contributed by atoms with Crippen LogP contribution < -0.4 is 5.32 Å². The molecule has 1 N–H and O–H groups in total. The molecular weight excluding hydrogens is 242 g/mol. The van der Waals surface area contributed by atoms with Crippen LogP contribution in [-0.2, 0) is 0 Å². The van der Waals surface area contributed by atoms with Crippen LogP contribution in [0.2, 0.25) is 0 Å². The Kier molecular flexibility index (Phi) is 3.02. The molecule has 0 aliphatic carbocycles. The summed E-state index contributed by atoms with van der Waals surface area (Å²) in [6.07, 6.45) is 4.87. The highest BCUT2D eigenvalue weighted by Crippen LogP contribution is 2.26. The Labute approximate surface area is 110 Å². The maximum absolute atomic E-state index is 4.30. The van der Waals surface area contributed by atoms with Crippen molar-refractivity contribution in [1.29, 1.82) is 0 Å². The number of nitrogens with zero attached hydrogens (tertiary/aromatic N) is 2. The van der Waals surface area contributed by atoms with E-state index in [1.807, 2.05) is 24.5 Å². The van der Waals surface area contributed by atoms with Gasteiger partial charge >= 0.3 is 0 Å². The van der Waals surface area contributed by atoms with Crippen molar-refractivity contribution in [2.24, 2.45) is 0 Å². The van der Waals surface area contributed by atoms with Gasteiger partial charge in [-0.3, -0.25) is 4.40 Å². The van der Waals surface area contributed by atoms with Gasteiger partial charge in [0.1, 0.15) is 11.5 Å². The van der Waals surface area contributed by atoms with Gasteiger partial charge < -0.3 is 5.32 Å². The van der Waals surface area contributed by atoms with Gasteiger partial charge in [-0.1, -0.05) is 19.1 Å². The molecule has 0 aliphatic rings. The van der Waals surface area contributed by atoms with Gasteiger partial charge in [0.2, 0.25) is 0 Å². The summed E-state index contributed by atoms with van der Waals surface area (Å²) in [5.41, 5.74) is 0.973. The molecule has 0 fully saturated rings. The fourth-order valence-corrected chi connectivity index (χ4v) is 2.97. The molecule has 92 valence electrons. The second kappa shape index (κ2) is 4.82. The Hall–Kier alpha value is -1.81. The molecule has 0 aromatic carbocycles. The number of hydrogen-bond donors (Lipinski definition) is 1. The second-order valence-corrected chi connectivity index (χ2v) is 5.17. The minimum atomic E-state index is 0.359. The average molecular weight is 257 g/mol. The predicted molar refractivity (Wildman–Crippen MR) is 76.2 cm³/mol. The third-order valence-electron chi connectivity index (χ3n) is 3.05. The number of rotatable bonds is 4. The van der Waals surface area contributed by atoms with Crippen LogP contribution >= 0.6 is 11.3 Å². The Balaban J connectivity index is 1.93. The number of nitrogens with one attached hydrogen (secondary N) is 1. The molecule has 3 aromatic rings. The zero-order valence-electron chi connectivity index (χ0n) is 10.2. The number of aromatic nitrogens is 2. The molecule has 0 aliphatic heterocycles. The number of pyridine rings is 1. The molecule has 3 aromatic heterocycles. The third-order valence-corrected chi connectivity index (χ3v) is 4.03. The summed E-state index contributed by atoms with van der Waals surface area (Å²) < 4.78 is 2.08. The van der Waals surface area contributed by atoms with Gasteiger partial charge in [-0.25, -0.2) is 4.98 Å². The highest BCUT2D eigenvalue weighted by Gasteiger charge is 2.11. The van der Waals surface area contributed by atoms with E-state index in [2.05, 4.69) is 45.2 Å². The van der Waals surface area contributed by atoms with E-state index in [9.17, 15) is 0 Å². The SMILES string of the molecule is CCC(Nc1cccc2nccn12)c1cccs1. The minimum absolute atomic E-state index is 0.359. The summed E-state index contributed by atoms with van der Waals surface area (Å²) >= 11 is 1.79. The lowest BCUT2D eigenvalue weighted by Gasteiger charge is -2.17. The van der Waals surface area contributed by atoms with Crippen molar-refractivity contribution in [3.8, 4) is 0 Å². The maximum atomic E-state index is 4.30. The fraction of sp³-hybridized carbons (Fsp3) is 0.214. The summed E-state index contributed by atoms with van der Waals surface area (Å²) in [5, 5.41) is 5.72. The molecule has 4 heteroatoms. The first-order chi connectivity index (χ1) is 8.88. The van der Waals surface area contributed by atoms with Crippen LogP contribution in [0.4, 0.5) is 5.82 Å². The van der Waals surface area contributed by atoms with Crippen LogP contribution in [-0.4, -0.2) is 9.38 Å². The number of imidazole rings is 1. The summed E-state index contributed by atoms with van der Waals surface area (Å²) in [4.78, 5) is 5.67.